The molecule has 0 bridgehead atoms. The van der Waals surface area contributed by atoms with Gasteiger partial charge >= 0.3 is 0 Å². The molecule has 0 aliphatic carbocycles. The molecular weight excluding hydrogens is 242 g/mol. The van der Waals surface area contributed by atoms with E-state index in [1.54, 1.807) is 18.2 Å². The molecule has 19 heavy (non-hydrogen) atoms. The fourth-order valence-corrected chi connectivity index (χ4v) is 2.44. The molecule has 3 N–H and O–H groups in total. The van der Waals surface area contributed by atoms with Crippen LogP contribution in [0.1, 0.15) is 23.2 Å². The summed E-state index contributed by atoms with van der Waals surface area (Å²) in [6, 6.07) is 5.50. The molecule has 1 aliphatic rings. The Balaban J connectivity index is 1.99. The Labute approximate surface area is 113 Å². The lowest BCUT2D eigenvalue weighted by Gasteiger charge is -2.20. The Hall–Kier alpha value is -1.75. The van der Waals surface area contributed by atoms with Gasteiger partial charge in [0.05, 0.1) is 12.7 Å². The Bertz CT molecular complexity index is 462. The molecule has 2 rings (SSSR count). The second-order valence-electron chi connectivity index (χ2n) is 4.95. The van der Waals surface area contributed by atoms with Gasteiger partial charge in [0, 0.05) is 24.3 Å². The van der Waals surface area contributed by atoms with Gasteiger partial charge in [0.15, 0.2) is 0 Å². The number of likely N-dealkylation sites (N-methyl/N-ethyl adjacent to an activating group) is 1. The van der Waals surface area contributed by atoms with Crippen LogP contribution in [-0.4, -0.2) is 44.1 Å². The standard InChI is InChI=1S/C14H21N3O2/c1-17-7-3-4-11(17)9-16-14(18)12-6-5-10(15)8-13(12)19-2/h5-6,8,11H,3-4,7,9,15H2,1-2H3,(H,16,18). The molecule has 0 radical (unpaired) electrons. The topological polar surface area (TPSA) is 67.6 Å². The van der Waals surface area contributed by atoms with Crippen LogP contribution in [0.25, 0.3) is 0 Å². The lowest BCUT2D eigenvalue weighted by Crippen LogP contribution is -2.38. The van der Waals surface area contributed by atoms with E-state index in [-0.39, 0.29) is 5.91 Å². The summed E-state index contributed by atoms with van der Waals surface area (Å²) in [5, 5.41) is 2.96. The third kappa shape index (κ3) is 3.17. The predicted molar refractivity (Wildman–Crippen MR) is 75.4 cm³/mol. The number of carbonyl (C=O) groups excluding carboxylic acids is 1. The molecule has 104 valence electrons. The van der Waals surface area contributed by atoms with Crippen LogP contribution in [0, 0.1) is 0 Å². The van der Waals surface area contributed by atoms with E-state index < -0.39 is 0 Å². The van der Waals surface area contributed by atoms with E-state index in [9.17, 15) is 4.79 Å². The first-order chi connectivity index (χ1) is 9.11. The van der Waals surface area contributed by atoms with Crippen molar-refractivity contribution in [3.63, 3.8) is 0 Å². The normalized spacial score (nSPS) is 19.4. The van der Waals surface area contributed by atoms with E-state index in [1.165, 1.54) is 13.5 Å². The Kier molecular flexibility index (Phi) is 4.27. The van der Waals surface area contributed by atoms with E-state index in [4.69, 9.17) is 10.5 Å². The van der Waals surface area contributed by atoms with Crippen molar-refractivity contribution in [3.8, 4) is 5.75 Å². The minimum Gasteiger partial charge on any atom is -0.496 e. The summed E-state index contributed by atoms with van der Waals surface area (Å²) in [4.78, 5) is 14.4. The largest absolute Gasteiger partial charge is 0.496 e. The first kappa shape index (κ1) is 13.7. The van der Waals surface area contributed by atoms with Crippen LogP contribution in [0.2, 0.25) is 0 Å². The van der Waals surface area contributed by atoms with Crippen molar-refractivity contribution in [2.45, 2.75) is 18.9 Å². The summed E-state index contributed by atoms with van der Waals surface area (Å²) in [6.07, 6.45) is 2.33. The highest BCUT2D eigenvalue weighted by Gasteiger charge is 2.22. The van der Waals surface area contributed by atoms with E-state index in [1.807, 2.05) is 0 Å². The number of hydrogen-bond donors (Lipinski definition) is 2. The Morgan fingerprint density at radius 2 is 2.37 bits per heavy atom. The van der Waals surface area contributed by atoms with E-state index >= 15 is 0 Å². The smallest absolute Gasteiger partial charge is 0.255 e. The number of ether oxygens (including phenoxy) is 1. The molecule has 5 nitrogen and oxygen atoms in total. The van der Waals surface area contributed by atoms with Crippen LogP contribution in [0.4, 0.5) is 5.69 Å². The van der Waals surface area contributed by atoms with Crippen LogP contribution in [0.3, 0.4) is 0 Å². The lowest BCUT2D eigenvalue weighted by molar-refractivity contribution is 0.0940. The molecule has 1 atom stereocenters. The number of hydrogen-bond acceptors (Lipinski definition) is 4. The monoisotopic (exact) mass is 263 g/mol. The second kappa shape index (κ2) is 5.93. The molecule has 0 aromatic heterocycles. The molecule has 1 aromatic rings. The van der Waals surface area contributed by atoms with Crippen molar-refractivity contribution in [2.24, 2.45) is 0 Å². The highest BCUT2D eigenvalue weighted by molar-refractivity contribution is 5.97. The van der Waals surface area contributed by atoms with Crippen LogP contribution in [0.5, 0.6) is 5.75 Å². The summed E-state index contributed by atoms with van der Waals surface area (Å²) in [7, 11) is 3.63. The average molecular weight is 263 g/mol. The molecule has 1 aromatic carbocycles. The van der Waals surface area contributed by atoms with Crippen molar-refractivity contribution >= 4 is 11.6 Å². The number of amides is 1. The van der Waals surface area contributed by atoms with Crippen LogP contribution >= 0.6 is 0 Å². The second-order valence-corrected chi connectivity index (χ2v) is 4.95. The minimum atomic E-state index is -0.114. The number of nitrogens with zero attached hydrogens (tertiary/aromatic N) is 1. The predicted octanol–water partition coefficient (Wildman–Crippen LogP) is 1.10. The third-order valence-corrected chi connectivity index (χ3v) is 3.64. The Morgan fingerprint density at radius 1 is 1.58 bits per heavy atom. The molecule has 1 unspecified atom stereocenters. The molecule has 1 fully saturated rings. The number of nitrogens with two attached hydrogens (primary N) is 1. The van der Waals surface area contributed by atoms with Gasteiger partial charge in [0.1, 0.15) is 5.75 Å². The van der Waals surface area contributed by atoms with Gasteiger partial charge in [0.25, 0.3) is 5.91 Å². The van der Waals surface area contributed by atoms with E-state index in [0.717, 1.165) is 13.0 Å². The first-order valence-electron chi connectivity index (χ1n) is 6.53. The van der Waals surface area contributed by atoms with E-state index in [2.05, 4.69) is 17.3 Å². The van der Waals surface area contributed by atoms with Gasteiger partial charge < -0.3 is 20.7 Å². The number of nitrogens with one attached hydrogen (secondary N) is 1. The number of methoxy groups -OCH3 is 1. The van der Waals surface area contributed by atoms with Crippen molar-refractivity contribution in [1.82, 2.24) is 10.2 Å². The molecule has 1 amide bonds. The summed E-state index contributed by atoms with van der Waals surface area (Å²) in [6.45, 7) is 1.77. The summed E-state index contributed by atoms with van der Waals surface area (Å²) in [5.41, 5.74) is 6.79. The van der Waals surface area contributed by atoms with Crippen molar-refractivity contribution < 1.29 is 9.53 Å². The minimum absolute atomic E-state index is 0.114. The van der Waals surface area contributed by atoms with Gasteiger partial charge in [-0.2, -0.15) is 0 Å². The zero-order chi connectivity index (χ0) is 13.8. The van der Waals surface area contributed by atoms with Gasteiger partial charge in [0.2, 0.25) is 0 Å². The number of nitrogen functional groups attached to an aromatic ring is 1. The number of rotatable bonds is 4. The van der Waals surface area contributed by atoms with Crippen molar-refractivity contribution in [2.75, 3.05) is 33.0 Å². The maximum Gasteiger partial charge on any atom is 0.255 e. The van der Waals surface area contributed by atoms with Gasteiger partial charge in [-0.1, -0.05) is 0 Å². The average Bonchev–Trinajstić information content (AvgIpc) is 2.81. The van der Waals surface area contributed by atoms with Gasteiger partial charge in [-0.05, 0) is 38.6 Å². The first-order valence-corrected chi connectivity index (χ1v) is 6.53. The summed E-state index contributed by atoms with van der Waals surface area (Å²) in [5.74, 6) is 0.398. The number of likely N-dealkylation sites (tertiary alicyclic amines) is 1. The number of benzene rings is 1. The van der Waals surface area contributed by atoms with Gasteiger partial charge in [-0.15, -0.1) is 0 Å². The van der Waals surface area contributed by atoms with Gasteiger partial charge in [-0.3, -0.25) is 4.79 Å². The summed E-state index contributed by atoms with van der Waals surface area (Å²) < 4.78 is 5.19. The SMILES string of the molecule is COc1cc(N)ccc1C(=O)NCC1CCCN1C. The highest BCUT2D eigenvalue weighted by Crippen LogP contribution is 2.21. The molecule has 0 saturated carbocycles. The Morgan fingerprint density at radius 3 is 3.00 bits per heavy atom. The maximum absolute atomic E-state index is 12.1. The van der Waals surface area contributed by atoms with Gasteiger partial charge in [-0.25, -0.2) is 0 Å². The number of anilines is 1. The summed E-state index contributed by atoms with van der Waals surface area (Å²) >= 11 is 0. The lowest BCUT2D eigenvalue weighted by atomic mass is 10.1. The zero-order valence-electron chi connectivity index (χ0n) is 11.5. The maximum atomic E-state index is 12.1. The quantitative estimate of drug-likeness (QED) is 0.798. The third-order valence-electron chi connectivity index (χ3n) is 3.64. The molecule has 1 aliphatic heterocycles. The van der Waals surface area contributed by atoms with Crippen LogP contribution < -0.4 is 15.8 Å². The number of carbonyl (C=O) groups is 1. The molecule has 1 heterocycles. The van der Waals surface area contributed by atoms with Crippen molar-refractivity contribution in [1.29, 1.82) is 0 Å². The van der Waals surface area contributed by atoms with Crippen molar-refractivity contribution in [3.05, 3.63) is 23.8 Å². The fourth-order valence-electron chi connectivity index (χ4n) is 2.44. The van der Waals surface area contributed by atoms with Crippen LogP contribution in [-0.2, 0) is 0 Å². The zero-order valence-corrected chi connectivity index (χ0v) is 11.5. The highest BCUT2D eigenvalue weighted by atomic mass is 16.5. The van der Waals surface area contributed by atoms with Crippen LogP contribution in [0.15, 0.2) is 18.2 Å². The molecule has 5 heteroatoms. The molecule has 0 spiro atoms. The molecule has 1 saturated heterocycles. The molecular formula is C14H21N3O2. The van der Waals surface area contributed by atoms with E-state index in [0.29, 0.717) is 29.6 Å². The fraction of sp³-hybridized carbons (Fsp3) is 0.500.